The van der Waals surface area contributed by atoms with E-state index in [1.54, 1.807) is 12.1 Å². The molecule has 0 saturated carbocycles. The van der Waals surface area contributed by atoms with Crippen molar-refractivity contribution in [3.05, 3.63) is 26.5 Å². The summed E-state index contributed by atoms with van der Waals surface area (Å²) in [6.45, 7) is 0. The molecule has 0 aliphatic rings. The van der Waals surface area contributed by atoms with E-state index in [0.29, 0.717) is 3.57 Å². The second-order valence-electron chi connectivity index (χ2n) is 1.76. The topological polar surface area (TPSA) is 26.0 Å². The van der Waals surface area contributed by atoms with Gasteiger partial charge in [-0.25, -0.2) is 4.39 Å². The molecule has 0 aliphatic carbocycles. The molecule has 0 heterocycles. The van der Waals surface area contributed by atoms with E-state index >= 15 is 0 Å². The Morgan fingerprint density at radius 2 is 2.10 bits per heavy atom. The minimum Gasteiger partial charge on any atom is -0.395 e. The van der Waals surface area contributed by atoms with Gasteiger partial charge in [0.05, 0.1) is 14.3 Å². The molecule has 54 valence electrons. The van der Waals surface area contributed by atoms with E-state index in [2.05, 4.69) is 0 Å². The van der Waals surface area contributed by atoms with Crippen LogP contribution in [0.2, 0.25) is 5.02 Å². The zero-order valence-corrected chi connectivity index (χ0v) is 7.78. The van der Waals surface area contributed by atoms with Crippen molar-refractivity contribution in [2.45, 2.75) is 0 Å². The SMILES string of the molecule is Nc1c(Cl)ccc(I)c1F. The van der Waals surface area contributed by atoms with Crippen LogP contribution in [0.25, 0.3) is 0 Å². The Labute approximate surface area is 76.5 Å². The summed E-state index contributed by atoms with van der Waals surface area (Å²) < 4.78 is 13.3. The standard InChI is InChI=1S/C6H4ClFIN/c7-3-1-2-4(9)5(8)6(3)10/h1-2H,10H2. The zero-order valence-electron chi connectivity index (χ0n) is 4.87. The Kier molecular flexibility index (Phi) is 2.36. The first-order chi connectivity index (χ1) is 4.63. The van der Waals surface area contributed by atoms with Crippen molar-refractivity contribution in [2.75, 3.05) is 5.73 Å². The van der Waals surface area contributed by atoms with Crippen LogP contribution < -0.4 is 5.73 Å². The molecule has 0 radical (unpaired) electrons. The van der Waals surface area contributed by atoms with Gasteiger partial charge in [0.15, 0.2) is 5.82 Å². The number of rotatable bonds is 0. The van der Waals surface area contributed by atoms with Crippen LogP contribution in [0, 0.1) is 9.39 Å². The van der Waals surface area contributed by atoms with Gasteiger partial charge in [-0.15, -0.1) is 0 Å². The average molecular weight is 271 g/mol. The van der Waals surface area contributed by atoms with E-state index in [0.717, 1.165) is 0 Å². The fourth-order valence-electron chi connectivity index (χ4n) is 0.543. The van der Waals surface area contributed by atoms with Gasteiger partial charge in [-0.05, 0) is 34.7 Å². The molecule has 0 amide bonds. The summed E-state index contributed by atoms with van der Waals surface area (Å²) in [5.74, 6) is -0.437. The number of nitrogen functional groups attached to an aromatic ring is 1. The first-order valence-electron chi connectivity index (χ1n) is 2.52. The van der Waals surface area contributed by atoms with Gasteiger partial charge in [0.2, 0.25) is 0 Å². The molecule has 1 rings (SSSR count). The van der Waals surface area contributed by atoms with Gasteiger partial charge in [0.1, 0.15) is 0 Å². The predicted molar refractivity (Wildman–Crippen MR) is 48.5 cm³/mol. The van der Waals surface area contributed by atoms with Crippen LogP contribution in [0.15, 0.2) is 12.1 Å². The van der Waals surface area contributed by atoms with E-state index in [9.17, 15) is 4.39 Å². The minimum absolute atomic E-state index is 0.0218. The maximum absolute atomic E-state index is 12.8. The molecule has 0 bridgehead atoms. The molecule has 4 heteroatoms. The highest BCUT2D eigenvalue weighted by Crippen LogP contribution is 2.24. The van der Waals surface area contributed by atoms with Crippen LogP contribution in [0.3, 0.4) is 0 Å². The number of halogens is 3. The molecule has 0 aliphatic heterocycles. The first-order valence-corrected chi connectivity index (χ1v) is 3.97. The molecule has 1 aromatic carbocycles. The van der Waals surface area contributed by atoms with Crippen LogP contribution in [-0.2, 0) is 0 Å². The number of hydrogen-bond acceptors (Lipinski definition) is 1. The Balaban J connectivity index is 3.34. The first kappa shape index (κ1) is 8.07. The lowest BCUT2D eigenvalue weighted by molar-refractivity contribution is 0.625. The van der Waals surface area contributed by atoms with E-state index < -0.39 is 5.82 Å². The van der Waals surface area contributed by atoms with Gasteiger partial charge in [-0.1, -0.05) is 11.6 Å². The minimum atomic E-state index is -0.437. The van der Waals surface area contributed by atoms with Crippen LogP contribution in [-0.4, -0.2) is 0 Å². The van der Waals surface area contributed by atoms with Crippen molar-refractivity contribution in [3.63, 3.8) is 0 Å². The van der Waals surface area contributed by atoms with Crippen LogP contribution in [0.5, 0.6) is 0 Å². The van der Waals surface area contributed by atoms with Crippen LogP contribution in [0.1, 0.15) is 0 Å². The monoisotopic (exact) mass is 271 g/mol. The lowest BCUT2D eigenvalue weighted by Gasteiger charge is -1.99. The molecule has 0 aromatic heterocycles. The highest BCUT2D eigenvalue weighted by molar-refractivity contribution is 14.1. The Morgan fingerprint density at radius 1 is 1.50 bits per heavy atom. The second kappa shape index (κ2) is 2.92. The third-order valence-electron chi connectivity index (χ3n) is 1.08. The second-order valence-corrected chi connectivity index (χ2v) is 3.33. The van der Waals surface area contributed by atoms with Crippen LogP contribution >= 0.6 is 34.2 Å². The Bertz CT molecular complexity index is 237. The summed E-state index contributed by atoms with van der Waals surface area (Å²) in [7, 11) is 0. The van der Waals surface area contributed by atoms with Crippen molar-refractivity contribution >= 4 is 39.9 Å². The van der Waals surface area contributed by atoms with Gasteiger partial charge >= 0.3 is 0 Å². The molecule has 2 N–H and O–H groups in total. The van der Waals surface area contributed by atoms with Gasteiger partial charge in [-0.3, -0.25) is 0 Å². The van der Waals surface area contributed by atoms with Crippen molar-refractivity contribution in [3.8, 4) is 0 Å². The quantitative estimate of drug-likeness (QED) is 0.438. The Morgan fingerprint density at radius 3 is 2.60 bits per heavy atom. The summed E-state index contributed by atoms with van der Waals surface area (Å²) in [6.07, 6.45) is 0. The molecule has 1 nitrogen and oxygen atoms in total. The highest BCUT2D eigenvalue weighted by Gasteiger charge is 2.05. The fraction of sp³-hybridized carbons (Fsp3) is 0. The predicted octanol–water partition coefficient (Wildman–Crippen LogP) is 2.67. The van der Waals surface area contributed by atoms with Crippen molar-refractivity contribution in [1.29, 1.82) is 0 Å². The third kappa shape index (κ3) is 1.34. The molecule has 0 saturated heterocycles. The lowest BCUT2D eigenvalue weighted by atomic mass is 10.3. The van der Waals surface area contributed by atoms with E-state index in [-0.39, 0.29) is 10.7 Å². The average Bonchev–Trinajstić information content (AvgIpc) is 1.93. The van der Waals surface area contributed by atoms with Gasteiger partial charge in [-0.2, -0.15) is 0 Å². The van der Waals surface area contributed by atoms with E-state index in [1.165, 1.54) is 0 Å². The molecule has 0 spiro atoms. The number of benzene rings is 1. The number of nitrogens with two attached hydrogens (primary N) is 1. The van der Waals surface area contributed by atoms with E-state index in [1.807, 2.05) is 22.6 Å². The fourth-order valence-corrected chi connectivity index (χ4v) is 1.16. The molecule has 0 atom stereocenters. The maximum atomic E-state index is 12.8. The summed E-state index contributed by atoms with van der Waals surface area (Å²) in [6, 6.07) is 3.15. The zero-order chi connectivity index (χ0) is 7.72. The molecule has 0 unspecified atom stereocenters. The molecular formula is C6H4ClFIN. The molecule has 0 fully saturated rings. The highest BCUT2D eigenvalue weighted by atomic mass is 127. The van der Waals surface area contributed by atoms with Crippen molar-refractivity contribution in [2.24, 2.45) is 0 Å². The Hall–Kier alpha value is -0.0300. The smallest absolute Gasteiger partial charge is 0.160 e. The van der Waals surface area contributed by atoms with Crippen molar-refractivity contribution < 1.29 is 4.39 Å². The summed E-state index contributed by atoms with van der Waals surface area (Å²) in [4.78, 5) is 0. The summed E-state index contributed by atoms with van der Waals surface area (Å²) in [5, 5.41) is 0.262. The molecule has 1 aromatic rings. The number of hydrogen-bond donors (Lipinski definition) is 1. The van der Waals surface area contributed by atoms with Gasteiger partial charge in [0.25, 0.3) is 0 Å². The summed E-state index contributed by atoms with van der Waals surface area (Å²) in [5.41, 5.74) is 5.29. The normalized spacial score (nSPS) is 9.90. The van der Waals surface area contributed by atoms with Gasteiger partial charge in [0, 0.05) is 0 Å². The largest absolute Gasteiger partial charge is 0.395 e. The van der Waals surface area contributed by atoms with E-state index in [4.69, 9.17) is 17.3 Å². The number of anilines is 1. The third-order valence-corrected chi connectivity index (χ3v) is 2.24. The van der Waals surface area contributed by atoms with Crippen LogP contribution in [0.4, 0.5) is 10.1 Å². The van der Waals surface area contributed by atoms with Gasteiger partial charge < -0.3 is 5.73 Å². The molecular weight excluding hydrogens is 267 g/mol. The lowest BCUT2D eigenvalue weighted by Crippen LogP contribution is -1.93. The summed E-state index contributed by atoms with van der Waals surface area (Å²) >= 11 is 7.37. The van der Waals surface area contributed by atoms with Crippen molar-refractivity contribution in [1.82, 2.24) is 0 Å². The maximum Gasteiger partial charge on any atom is 0.160 e. The molecule has 10 heavy (non-hydrogen) atoms.